The van der Waals surface area contributed by atoms with Crippen LogP contribution in [-0.4, -0.2) is 55.6 Å². The minimum Gasteiger partial charge on any atom is -0.469 e. The minimum atomic E-state index is -0.671. The van der Waals surface area contributed by atoms with E-state index in [0.29, 0.717) is 24.2 Å². The smallest absolute Gasteiger partial charge is 0.374 e. The summed E-state index contributed by atoms with van der Waals surface area (Å²) in [6.07, 6.45) is -0.0626. The molecule has 1 aromatic heterocycles. The lowest BCUT2D eigenvalue weighted by Crippen LogP contribution is -2.55. The monoisotopic (exact) mass is 374 g/mol. The fourth-order valence-corrected chi connectivity index (χ4v) is 3.23. The first-order chi connectivity index (χ1) is 13.0. The number of amides is 1. The van der Waals surface area contributed by atoms with Gasteiger partial charge in [0.2, 0.25) is 11.7 Å². The van der Waals surface area contributed by atoms with Crippen LogP contribution in [0.25, 0.3) is 11.0 Å². The first-order valence-corrected chi connectivity index (χ1v) is 8.81. The summed E-state index contributed by atoms with van der Waals surface area (Å²) in [5.74, 6) is -1.13. The van der Waals surface area contributed by atoms with Crippen LogP contribution in [0.4, 0.5) is 0 Å². The summed E-state index contributed by atoms with van der Waals surface area (Å²) in [4.78, 5) is 38.2. The van der Waals surface area contributed by atoms with Crippen LogP contribution in [-0.2, 0) is 25.6 Å². The van der Waals surface area contributed by atoms with Gasteiger partial charge in [-0.15, -0.1) is 0 Å². The van der Waals surface area contributed by atoms with Crippen molar-refractivity contribution in [2.75, 3.05) is 26.8 Å². The number of rotatable bonds is 6. The number of piperazine rings is 1. The van der Waals surface area contributed by atoms with E-state index in [0.717, 1.165) is 5.39 Å². The van der Waals surface area contributed by atoms with Crippen LogP contribution in [0, 0.1) is 0 Å². The fourth-order valence-electron chi connectivity index (χ4n) is 3.23. The van der Waals surface area contributed by atoms with Crippen LogP contribution in [0.2, 0.25) is 0 Å². The Labute approximate surface area is 156 Å². The number of furan rings is 1. The minimum absolute atomic E-state index is 0.0626. The Bertz CT molecular complexity index is 859. The lowest BCUT2D eigenvalue weighted by Gasteiger charge is -2.34. The maximum atomic E-state index is 12.4. The molecule has 8 heteroatoms. The molecule has 0 unspecified atom stereocenters. The Morgan fingerprint density at radius 3 is 2.85 bits per heavy atom. The van der Waals surface area contributed by atoms with Crippen molar-refractivity contribution in [1.29, 1.82) is 0 Å². The first-order valence-electron chi connectivity index (χ1n) is 8.81. The number of fused-ring (bicyclic) bond motifs is 1. The topological polar surface area (TPSA) is 98.1 Å². The fraction of sp³-hybridized carbons (Fsp3) is 0.421. The van der Waals surface area contributed by atoms with Crippen molar-refractivity contribution in [1.82, 2.24) is 10.2 Å². The van der Waals surface area contributed by atoms with E-state index in [-0.39, 0.29) is 31.2 Å². The zero-order valence-corrected chi connectivity index (χ0v) is 15.3. The van der Waals surface area contributed by atoms with Gasteiger partial charge in [0.05, 0.1) is 20.1 Å². The highest BCUT2D eigenvalue weighted by Crippen LogP contribution is 2.29. The number of carbonyl (C=O) groups is 3. The molecule has 144 valence electrons. The van der Waals surface area contributed by atoms with Crippen LogP contribution in [0.5, 0.6) is 0 Å². The average Bonchev–Trinajstić information content (AvgIpc) is 3.03. The largest absolute Gasteiger partial charge is 0.469 e. The second-order valence-electron chi connectivity index (χ2n) is 6.18. The average molecular weight is 374 g/mol. The highest BCUT2D eigenvalue weighted by Gasteiger charge is 2.34. The maximum absolute atomic E-state index is 12.4. The summed E-state index contributed by atoms with van der Waals surface area (Å²) >= 11 is 0. The number of carbonyl (C=O) groups excluding carboxylic acids is 3. The molecular formula is C19H22N2O6. The van der Waals surface area contributed by atoms with Crippen LogP contribution in [0.3, 0.4) is 0 Å². The SMILES string of the molecule is CCOC(=O)c1oc2ccccc2c1CN1CCNC(=O)[C@@H]1CC(=O)OC. The molecule has 1 atom stereocenters. The highest BCUT2D eigenvalue weighted by molar-refractivity contribution is 5.96. The molecule has 1 fully saturated rings. The van der Waals surface area contributed by atoms with E-state index >= 15 is 0 Å². The second-order valence-corrected chi connectivity index (χ2v) is 6.18. The van der Waals surface area contributed by atoms with Gasteiger partial charge in [-0.25, -0.2) is 4.79 Å². The summed E-state index contributed by atoms with van der Waals surface area (Å²) in [5, 5.41) is 3.54. The maximum Gasteiger partial charge on any atom is 0.374 e. The van der Waals surface area contributed by atoms with Gasteiger partial charge >= 0.3 is 11.9 Å². The molecule has 1 aliphatic heterocycles. The predicted octanol–water partition coefficient (Wildman–Crippen LogP) is 1.47. The van der Waals surface area contributed by atoms with Gasteiger partial charge in [0, 0.05) is 30.6 Å². The predicted molar refractivity (Wildman–Crippen MR) is 96.0 cm³/mol. The van der Waals surface area contributed by atoms with Crippen molar-refractivity contribution in [3.63, 3.8) is 0 Å². The number of methoxy groups -OCH3 is 1. The van der Waals surface area contributed by atoms with Gasteiger partial charge in [-0.2, -0.15) is 0 Å². The van der Waals surface area contributed by atoms with Gasteiger partial charge in [0.15, 0.2) is 0 Å². The van der Waals surface area contributed by atoms with Crippen molar-refractivity contribution >= 4 is 28.8 Å². The van der Waals surface area contributed by atoms with Gasteiger partial charge < -0.3 is 19.2 Å². The number of para-hydroxylation sites is 1. The molecule has 8 nitrogen and oxygen atoms in total. The van der Waals surface area contributed by atoms with Gasteiger partial charge in [0.25, 0.3) is 0 Å². The Kier molecular flexibility index (Phi) is 5.75. The van der Waals surface area contributed by atoms with E-state index in [9.17, 15) is 14.4 Å². The van der Waals surface area contributed by atoms with Gasteiger partial charge in [-0.3, -0.25) is 14.5 Å². The lowest BCUT2D eigenvalue weighted by atomic mass is 10.0. The third kappa shape index (κ3) is 3.95. The normalized spacial score (nSPS) is 17.6. The summed E-state index contributed by atoms with van der Waals surface area (Å²) in [6, 6.07) is 6.63. The molecule has 0 saturated carbocycles. The highest BCUT2D eigenvalue weighted by atomic mass is 16.5. The van der Waals surface area contributed by atoms with Crippen LogP contribution in [0.15, 0.2) is 28.7 Å². The zero-order valence-electron chi connectivity index (χ0n) is 15.3. The third-order valence-electron chi connectivity index (χ3n) is 4.55. The quantitative estimate of drug-likeness (QED) is 0.765. The number of nitrogens with one attached hydrogen (secondary N) is 1. The van der Waals surface area contributed by atoms with Gasteiger partial charge in [0.1, 0.15) is 11.6 Å². The molecule has 3 rings (SSSR count). The van der Waals surface area contributed by atoms with Crippen LogP contribution < -0.4 is 5.32 Å². The van der Waals surface area contributed by atoms with E-state index in [2.05, 4.69) is 5.32 Å². The van der Waals surface area contributed by atoms with E-state index in [1.807, 2.05) is 23.1 Å². The summed E-state index contributed by atoms with van der Waals surface area (Å²) < 4.78 is 15.5. The summed E-state index contributed by atoms with van der Waals surface area (Å²) in [5.41, 5.74) is 1.22. The number of ether oxygens (including phenoxy) is 2. The summed E-state index contributed by atoms with van der Waals surface area (Å²) in [7, 11) is 1.29. The Morgan fingerprint density at radius 2 is 2.11 bits per heavy atom. The Hall–Kier alpha value is -2.87. The number of nitrogens with zero attached hydrogens (tertiary/aromatic N) is 1. The van der Waals surface area contributed by atoms with Crippen molar-refractivity contribution < 1.29 is 28.3 Å². The molecule has 1 amide bonds. The first kappa shape index (κ1) is 18.9. The van der Waals surface area contributed by atoms with Crippen molar-refractivity contribution in [3.8, 4) is 0 Å². The van der Waals surface area contributed by atoms with Crippen LogP contribution >= 0.6 is 0 Å². The number of esters is 2. The molecule has 1 aromatic carbocycles. The van der Waals surface area contributed by atoms with Crippen molar-refractivity contribution in [2.24, 2.45) is 0 Å². The van der Waals surface area contributed by atoms with Crippen LogP contribution in [0.1, 0.15) is 29.5 Å². The molecule has 2 heterocycles. The summed E-state index contributed by atoms with van der Waals surface area (Å²) in [6.45, 7) is 3.23. The van der Waals surface area contributed by atoms with Crippen molar-refractivity contribution in [3.05, 3.63) is 35.6 Å². The van der Waals surface area contributed by atoms with Gasteiger partial charge in [-0.1, -0.05) is 18.2 Å². The van der Waals surface area contributed by atoms with E-state index in [4.69, 9.17) is 13.9 Å². The molecule has 1 N–H and O–H groups in total. The van der Waals surface area contributed by atoms with Crippen molar-refractivity contribution in [2.45, 2.75) is 25.9 Å². The molecule has 2 aromatic rings. The molecule has 0 aliphatic carbocycles. The number of benzene rings is 1. The Morgan fingerprint density at radius 1 is 1.33 bits per heavy atom. The van der Waals surface area contributed by atoms with Gasteiger partial charge in [-0.05, 0) is 13.0 Å². The van der Waals surface area contributed by atoms with E-state index in [1.54, 1.807) is 13.0 Å². The molecule has 1 aliphatic rings. The molecule has 0 bridgehead atoms. The second kappa shape index (κ2) is 8.22. The molecule has 0 spiro atoms. The zero-order chi connectivity index (χ0) is 19.4. The van der Waals surface area contributed by atoms with E-state index in [1.165, 1.54) is 7.11 Å². The molecule has 27 heavy (non-hydrogen) atoms. The third-order valence-corrected chi connectivity index (χ3v) is 4.55. The molecule has 0 radical (unpaired) electrons. The Balaban J connectivity index is 1.96. The molecule has 1 saturated heterocycles. The number of hydrogen-bond acceptors (Lipinski definition) is 7. The standard InChI is InChI=1S/C19H22N2O6/c1-3-26-19(24)17-13(12-6-4-5-7-15(12)27-17)11-21-9-8-20-18(23)14(21)10-16(22)25-2/h4-7,14H,3,8-11H2,1-2H3,(H,20,23)/t14-/m0/s1. The molecular weight excluding hydrogens is 352 g/mol. The van der Waals surface area contributed by atoms with E-state index < -0.39 is 18.0 Å². The number of hydrogen-bond donors (Lipinski definition) is 1. The lowest BCUT2D eigenvalue weighted by molar-refractivity contribution is -0.146.